The maximum Gasteiger partial charge on any atom is 0.265 e. The predicted molar refractivity (Wildman–Crippen MR) is 61.5 cm³/mol. The quantitative estimate of drug-likeness (QED) is 0.797. The average Bonchev–Trinajstić information content (AvgIpc) is 2.74. The molecule has 0 saturated carbocycles. The first-order valence-corrected chi connectivity index (χ1v) is 6.35. The summed E-state index contributed by atoms with van der Waals surface area (Å²) in [6.45, 7) is 2.80. The number of nitrogens with zero attached hydrogens (tertiary/aromatic N) is 2. The van der Waals surface area contributed by atoms with Crippen molar-refractivity contribution in [2.75, 3.05) is 19.8 Å². The van der Waals surface area contributed by atoms with Gasteiger partial charge in [-0.2, -0.15) is 0 Å². The molecule has 1 aromatic rings. The molecule has 88 valence electrons. The lowest BCUT2D eigenvalue weighted by atomic mass is 9.99. The van der Waals surface area contributed by atoms with Crippen molar-refractivity contribution in [3.8, 4) is 0 Å². The molecule has 2 rings (SSSR count). The fraction of sp³-hybridized carbons (Fsp3) is 0.636. The number of rotatable bonds is 2. The Hall–Kier alpha value is -0.970. The number of aromatic nitrogens is 1. The third-order valence-corrected chi connectivity index (χ3v) is 3.88. The fourth-order valence-corrected chi connectivity index (χ4v) is 2.80. The second kappa shape index (κ2) is 4.91. The van der Waals surface area contributed by atoms with Crippen LogP contribution in [-0.4, -0.2) is 35.6 Å². The van der Waals surface area contributed by atoms with Crippen LogP contribution in [0.3, 0.4) is 0 Å². The van der Waals surface area contributed by atoms with E-state index in [1.165, 1.54) is 11.3 Å². The second-order valence-electron chi connectivity index (χ2n) is 4.18. The number of likely N-dealkylation sites (tertiary alicyclic amines) is 1. The van der Waals surface area contributed by atoms with Gasteiger partial charge in [0.2, 0.25) is 0 Å². The zero-order chi connectivity index (χ0) is 11.5. The SMILES string of the molecule is Cc1ncsc1C(=O)N1CCCC(CF)C1. The van der Waals surface area contributed by atoms with E-state index < -0.39 is 0 Å². The average molecular weight is 242 g/mol. The Labute approximate surface area is 98.3 Å². The molecule has 1 unspecified atom stereocenters. The molecule has 0 aromatic carbocycles. The highest BCUT2D eigenvalue weighted by atomic mass is 32.1. The molecule has 2 heterocycles. The minimum atomic E-state index is -0.328. The molecule has 1 aliphatic heterocycles. The van der Waals surface area contributed by atoms with E-state index in [2.05, 4.69) is 4.98 Å². The van der Waals surface area contributed by atoms with Crippen LogP contribution in [-0.2, 0) is 0 Å². The molecule has 0 N–H and O–H groups in total. The number of aryl methyl sites for hydroxylation is 1. The van der Waals surface area contributed by atoms with E-state index in [9.17, 15) is 9.18 Å². The van der Waals surface area contributed by atoms with E-state index in [1.54, 1.807) is 10.4 Å². The van der Waals surface area contributed by atoms with E-state index in [0.29, 0.717) is 11.4 Å². The van der Waals surface area contributed by atoms with Gasteiger partial charge in [0, 0.05) is 19.0 Å². The van der Waals surface area contributed by atoms with Gasteiger partial charge >= 0.3 is 0 Å². The normalized spacial score (nSPS) is 21.1. The lowest BCUT2D eigenvalue weighted by Crippen LogP contribution is -2.40. The van der Waals surface area contributed by atoms with Crippen LogP contribution >= 0.6 is 11.3 Å². The first-order chi connectivity index (χ1) is 7.72. The standard InChI is InChI=1S/C11H15FN2OS/c1-8-10(16-7-13-8)11(15)14-4-2-3-9(5-12)6-14/h7,9H,2-6H2,1H3. The summed E-state index contributed by atoms with van der Waals surface area (Å²) in [6, 6.07) is 0. The van der Waals surface area contributed by atoms with Crippen molar-refractivity contribution in [3.63, 3.8) is 0 Å². The number of carbonyl (C=O) groups excluding carboxylic acids is 1. The van der Waals surface area contributed by atoms with Crippen LogP contribution in [0, 0.1) is 12.8 Å². The van der Waals surface area contributed by atoms with Crippen molar-refractivity contribution < 1.29 is 9.18 Å². The molecule has 3 nitrogen and oxygen atoms in total. The van der Waals surface area contributed by atoms with Gasteiger partial charge < -0.3 is 4.90 Å². The van der Waals surface area contributed by atoms with Crippen molar-refractivity contribution in [1.29, 1.82) is 0 Å². The first-order valence-electron chi connectivity index (χ1n) is 5.47. The van der Waals surface area contributed by atoms with Gasteiger partial charge in [-0.25, -0.2) is 4.98 Å². The molecule has 1 aromatic heterocycles. The first kappa shape index (κ1) is 11.5. The maximum absolute atomic E-state index is 12.6. The largest absolute Gasteiger partial charge is 0.338 e. The van der Waals surface area contributed by atoms with Gasteiger partial charge in [0.15, 0.2) is 0 Å². The molecule has 1 aliphatic rings. The van der Waals surface area contributed by atoms with Gasteiger partial charge in [-0.15, -0.1) is 11.3 Å². The summed E-state index contributed by atoms with van der Waals surface area (Å²) in [7, 11) is 0. The smallest absolute Gasteiger partial charge is 0.265 e. The summed E-state index contributed by atoms with van der Waals surface area (Å²) in [5.74, 6) is 0.0316. The zero-order valence-electron chi connectivity index (χ0n) is 9.28. The van der Waals surface area contributed by atoms with Crippen molar-refractivity contribution in [3.05, 3.63) is 16.1 Å². The third kappa shape index (κ3) is 2.24. The monoisotopic (exact) mass is 242 g/mol. The summed E-state index contributed by atoms with van der Waals surface area (Å²) >= 11 is 1.36. The van der Waals surface area contributed by atoms with E-state index in [1.807, 2.05) is 6.92 Å². The molecule has 1 saturated heterocycles. The summed E-state index contributed by atoms with van der Waals surface area (Å²) in [4.78, 5) is 18.6. The number of carbonyl (C=O) groups is 1. The Morgan fingerprint density at radius 2 is 2.56 bits per heavy atom. The lowest BCUT2D eigenvalue weighted by Gasteiger charge is -2.31. The number of halogens is 1. The van der Waals surface area contributed by atoms with Crippen LogP contribution in [0.2, 0.25) is 0 Å². The van der Waals surface area contributed by atoms with Gasteiger partial charge in [-0.3, -0.25) is 9.18 Å². The minimum Gasteiger partial charge on any atom is -0.338 e. The van der Waals surface area contributed by atoms with Gasteiger partial charge in [0.1, 0.15) is 4.88 Å². The highest BCUT2D eigenvalue weighted by Crippen LogP contribution is 2.21. The summed E-state index contributed by atoms with van der Waals surface area (Å²) in [6.07, 6.45) is 1.79. The van der Waals surface area contributed by atoms with Crippen LogP contribution in [0.15, 0.2) is 5.51 Å². The molecular weight excluding hydrogens is 227 g/mol. The Balaban J connectivity index is 2.07. The van der Waals surface area contributed by atoms with Gasteiger partial charge in [-0.1, -0.05) is 0 Å². The summed E-state index contributed by atoms with van der Waals surface area (Å²) in [5, 5.41) is 0. The topological polar surface area (TPSA) is 33.2 Å². The number of alkyl halides is 1. The van der Waals surface area contributed by atoms with Crippen molar-refractivity contribution in [2.24, 2.45) is 5.92 Å². The summed E-state index contributed by atoms with van der Waals surface area (Å²) < 4.78 is 12.6. The van der Waals surface area contributed by atoms with E-state index in [-0.39, 0.29) is 18.5 Å². The van der Waals surface area contributed by atoms with E-state index in [4.69, 9.17) is 0 Å². The number of thiazole rings is 1. The van der Waals surface area contributed by atoms with Crippen molar-refractivity contribution >= 4 is 17.2 Å². The Morgan fingerprint density at radius 1 is 1.75 bits per heavy atom. The van der Waals surface area contributed by atoms with Gasteiger partial charge in [-0.05, 0) is 19.8 Å². The molecule has 5 heteroatoms. The van der Waals surface area contributed by atoms with Gasteiger partial charge in [0.05, 0.1) is 17.9 Å². The Morgan fingerprint density at radius 3 is 3.19 bits per heavy atom. The van der Waals surface area contributed by atoms with Gasteiger partial charge in [0.25, 0.3) is 5.91 Å². The molecule has 1 atom stereocenters. The van der Waals surface area contributed by atoms with Crippen LogP contribution in [0.4, 0.5) is 4.39 Å². The third-order valence-electron chi connectivity index (χ3n) is 2.96. The number of hydrogen-bond acceptors (Lipinski definition) is 3. The second-order valence-corrected chi connectivity index (χ2v) is 5.04. The zero-order valence-corrected chi connectivity index (χ0v) is 10.1. The molecule has 0 spiro atoms. The lowest BCUT2D eigenvalue weighted by molar-refractivity contribution is 0.0660. The minimum absolute atomic E-state index is 0.0122. The maximum atomic E-state index is 12.6. The molecule has 1 fully saturated rings. The van der Waals surface area contributed by atoms with E-state index in [0.717, 1.165) is 25.1 Å². The van der Waals surface area contributed by atoms with Crippen LogP contribution in [0.1, 0.15) is 28.2 Å². The fourth-order valence-electron chi connectivity index (χ4n) is 2.03. The molecule has 0 aliphatic carbocycles. The number of hydrogen-bond donors (Lipinski definition) is 0. The molecular formula is C11H15FN2OS. The van der Waals surface area contributed by atoms with Crippen LogP contribution in [0.5, 0.6) is 0 Å². The highest BCUT2D eigenvalue weighted by Gasteiger charge is 2.26. The van der Waals surface area contributed by atoms with Crippen LogP contribution < -0.4 is 0 Å². The Kier molecular flexibility index (Phi) is 3.53. The molecule has 1 amide bonds. The Bertz CT molecular complexity index is 380. The van der Waals surface area contributed by atoms with Crippen LogP contribution in [0.25, 0.3) is 0 Å². The molecule has 16 heavy (non-hydrogen) atoms. The number of amides is 1. The molecule has 0 bridgehead atoms. The predicted octanol–water partition coefficient (Wildman–Crippen LogP) is 2.27. The van der Waals surface area contributed by atoms with E-state index >= 15 is 0 Å². The van der Waals surface area contributed by atoms with Crippen molar-refractivity contribution in [1.82, 2.24) is 9.88 Å². The highest BCUT2D eigenvalue weighted by molar-refractivity contribution is 7.11. The number of piperidine rings is 1. The van der Waals surface area contributed by atoms with Crippen molar-refractivity contribution in [2.45, 2.75) is 19.8 Å². The molecule has 0 radical (unpaired) electrons. The summed E-state index contributed by atoms with van der Waals surface area (Å²) in [5.41, 5.74) is 2.46.